The van der Waals surface area contributed by atoms with Crippen molar-refractivity contribution in [1.29, 1.82) is 0 Å². The van der Waals surface area contributed by atoms with E-state index < -0.39 is 0 Å². The minimum absolute atomic E-state index is 0.0715. The number of hydrogen-bond acceptors (Lipinski definition) is 5. The van der Waals surface area contributed by atoms with E-state index in [0.29, 0.717) is 30.3 Å². The Balaban J connectivity index is 2.09. The van der Waals surface area contributed by atoms with Crippen molar-refractivity contribution in [2.24, 2.45) is 0 Å². The standard InChI is InChI=1S/C18H20O4S/c1-13-4-6-15(23-13)7-8-16(19)14-5-9-17(18(12-14)21-3)22-11-10-20-2/h4-9,12H,10-11H2,1-3H3. The van der Waals surface area contributed by atoms with E-state index in [1.54, 1.807) is 49.8 Å². The van der Waals surface area contributed by atoms with E-state index in [4.69, 9.17) is 14.2 Å². The van der Waals surface area contributed by atoms with Crippen LogP contribution in [0.3, 0.4) is 0 Å². The number of methoxy groups -OCH3 is 2. The summed E-state index contributed by atoms with van der Waals surface area (Å²) in [6.07, 6.45) is 3.40. The lowest BCUT2D eigenvalue weighted by Crippen LogP contribution is -2.06. The highest BCUT2D eigenvalue weighted by Crippen LogP contribution is 2.28. The van der Waals surface area contributed by atoms with Crippen molar-refractivity contribution in [2.45, 2.75) is 6.92 Å². The van der Waals surface area contributed by atoms with Crippen LogP contribution in [-0.2, 0) is 4.74 Å². The van der Waals surface area contributed by atoms with Crippen LogP contribution >= 0.6 is 11.3 Å². The topological polar surface area (TPSA) is 44.8 Å². The summed E-state index contributed by atoms with van der Waals surface area (Å²) in [6.45, 7) is 2.96. The molecule has 1 heterocycles. The van der Waals surface area contributed by atoms with Gasteiger partial charge >= 0.3 is 0 Å². The fourth-order valence-electron chi connectivity index (χ4n) is 1.97. The zero-order valence-corrected chi connectivity index (χ0v) is 14.3. The lowest BCUT2D eigenvalue weighted by molar-refractivity contribution is 0.104. The molecule has 0 saturated carbocycles. The summed E-state index contributed by atoms with van der Waals surface area (Å²) in [6, 6.07) is 9.19. The summed E-state index contributed by atoms with van der Waals surface area (Å²) < 4.78 is 15.8. The van der Waals surface area contributed by atoms with Gasteiger partial charge in [0, 0.05) is 22.4 Å². The summed E-state index contributed by atoms with van der Waals surface area (Å²) in [4.78, 5) is 14.5. The molecule has 0 aliphatic carbocycles. The molecule has 0 N–H and O–H groups in total. The van der Waals surface area contributed by atoms with Gasteiger partial charge in [-0.25, -0.2) is 0 Å². The molecule has 0 aliphatic heterocycles. The number of rotatable bonds is 8. The van der Waals surface area contributed by atoms with Gasteiger partial charge in [0.2, 0.25) is 0 Å². The smallest absolute Gasteiger partial charge is 0.186 e. The third kappa shape index (κ3) is 4.94. The van der Waals surface area contributed by atoms with E-state index >= 15 is 0 Å². The average Bonchev–Trinajstić information content (AvgIpc) is 2.98. The second kappa shape index (κ2) is 8.50. The van der Waals surface area contributed by atoms with E-state index in [0.717, 1.165) is 4.88 Å². The molecule has 122 valence electrons. The van der Waals surface area contributed by atoms with Crippen molar-refractivity contribution in [3.8, 4) is 11.5 Å². The molecular weight excluding hydrogens is 312 g/mol. The van der Waals surface area contributed by atoms with E-state index in [9.17, 15) is 4.79 Å². The SMILES string of the molecule is COCCOc1ccc(C(=O)C=Cc2ccc(C)s2)cc1OC. The number of benzene rings is 1. The minimum Gasteiger partial charge on any atom is -0.493 e. The van der Waals surface area contributed by atoms with Gasteiger partial charge in [0.25, 0.3) is 0 Å². The van der Waals surface area contributed by atoms with Crippen molar-refractivity contribution in [1.82, 2.24) is 0 Å². The quantitative estimate of drug-likeness (QED) is 0.416. The molecule has 23 heavy (non-hydrogen) atoms. The molecule has 0 fully saturated rings. The molecule has 0 bridgehead atoms. The Labute approximate surface area is 140 Å². The molecule has 5 heteroatoms. The Kier molecular flexibility index (Phi) is 6.38. The van der Waals surface area contributed by atoms with E-state index in [1.807, 2.05) is 25.1 Å². The monoisotopic (exact) mass is 332 g/mol. The molecule has 4 nitrogen and oxygen atoms in total. The number of aryl methyl sites for hydroxylation is 1. The van der Waals surface area contributed by atoms with Crippen LogP contribution in [0.5, 0.6) is 11.5 Å². The lowest BCUT2D eigenvalue weighted by atomic mass is 10.1. The van der Waals surface area contributed by atoms with Gasteiger partial charge in [0.05, 0.1) is 13.7 Å². The summed E-state index contributed by atoms with van der Waals surface area (Å²) in [5.41, 5.74) is 0.561. The van der Waals surface area contributed by atoms with Crippen LogP contribution in [0.25, 0.3) is 6.08 Å². The lowest BCUT2D eigenvalue weighted by Gasteiger charge is -2.11. The Morgan fingerprint density at radius 3 is 2.61 bits per heavy atom. The number of hydrogen-bond donors (Lipinski definition) is 0. The van der Waals surface area contributed by atoms with Crippen LogP contribution in [0.4, 0.5) is 0 Å². The van der Waals surface area contributed by atoms with Gasteiger partial charge in [0.1, 0.15) is 6.61 Å². The first-order chi connectivity index (χ1) is 11.1. The van der Waals surface area contributed by atoms with Crippen LogP contribution < -0.4 is 9.47 Å². The van der Waals surface area contributed by atoms with E-state index in [1.165, 1.54) is 4.88 Å². The fraction of sp³-hybridized carbons (Fsp3) is 0.278. The zero-order chi connectivity index (χ0) is 16.7. The predicted octanol–water partition coefficient (Wildman–Crippen LogP) is 3.99. The number of allylic oxidation sites excluding steroid dienone is 1. The number of thiophene rings is 1. The van der Waals surface area contributed by atoms with Gasteiger partial charge in [-0.15, -0.1) is 11.3 Å². The molecule has 1 aromatic carbocycles. The molecule has 0 unspecified atom stereocenters. The molecule has 0 atom stereocenters. The Morgan fingerprint density at radius 2 is 1.96 bits per heavy atom. The molecule has 0 radical (unpaired) electrons. The van der Waals surface area contributed by atoms with Crippen molar-refractivity contribution < 1.29 is 19.0 Å². The van der Waals surface area contributed by atoms with Crippen molar-refractivity contribution in [3.63, 3.8) is 0 Å². The van der Waals surface area contributed by atoms with E-state index in [-0.39, 0.29) is 5.78 Å². The maximum Gasteiger partial charge on any atom is 0.186 e. The summed E-state index contributed by atoms with van der Waals surface area (Å²) in [5.74, 6) is 1.06. The first-order valence-corrected chi connectivity index (χ1v) is 8.04. The maximum absolute atomic E-state index is 12.3. The fourth-order valence-corrected chi connectivity index (χ4v) is 2.75. The highest BCUT2D eigenvalue weighted by atomic mass is 32.1. The van der Waals surface area contributed by atoms with Gasteiger partial charge in [-0.2, -0.15) is 0 Å². The Bertz CT molecular complexity index is 688. The van der Waals surface area contributed by atoms with Gasteiger partial charge < -0.3 is 14.2 Å². The second-order valence-electron chi connectivity index (χ2n) is 4.85. The van der Waals surface area contributed by atoms with Crippen molar-refractivity contribution >= 4 is 23.2 Å². The van der Waals surface area contributed by atoms with Gasteiger partial charge in [-0.3, -0.25) is 4.79 Å². The van der Waals surface area contributed by atoms with Crippen molar-refractivity contribution in [3.05, 3.63) is 51.7 Å². The summed E-state index contributed by atoms with van der Waals surface area (Å²) in [7, 11) is 3.17. The number of ether oxygens (including phenoxy) is 3. The molecular formula is C18H20O4S. The Morgan fingerprint density at radius 1 is 1.13 bits per heavy atom. The number of ketones is 1. The summed E-state index contributed by atoms with van der Waals surface area (Å²) >= 11 is 1.65. The largest absolute Gasteiger partial charge is 0.493 e. The third-order valence-corrected chi connectivity index (χ3v) is 4.12. The maximum atomic E-state index is 12.3. The Hall–Kier alpha value is -2.11. The van der Waals surface area contributed by atoms with Crippen LogP contribution in [0, 0.1) is 6.92 Å². The minimum atomic E-state index is -0.0715. The van der Waals surface area contributed by atoms with Gasteiger partial charge in [0.15, 0.2) is 17.3 Å². The van der Waals surface area contributed by atoms with Crippen LogP contribution in [0.15, 0.2) is 36.4 Å². The predicted molar refractivity (Wildman–Crippen MR) is 92.8 cm³/mol. The van der Waals surface area contributed by atoms with Crippen molar-refractivity contribution in [2.75, 3.05) is 27.4 Å². The number of carbonyl (C=O) groups excluding carboxylic acids is 1. The molecule has 0 aliphatic rings. The number of carbonyl (C=O) groups is 1. The third-order valence-electron chi connectivity index (χ3n) is 3.15. The average molecular weight is 332 g/mol. The first-order valence-electron chi connectivity index (χ1n) is 7.22. The van der Waals surface area contributed by atoms with Gasteiger partial charge in [-0.1, -0.05) is 0 Å². The van der Waals surface area contributed by atoms with Crippen LogP contribution in [0.2, 0.25) is 0 Å². The highest BCUT2D eigenvalue weighted by molar-refractivity contribution is 7.12. The molecule has 2 aromatic rings. The van der Waals surface area contributed by atoms with Gasteiger partial charge in [-0.05, 0) is 49.4 Å². The van der Waals surface area contributed by atoms with E-state index in [2.05, 4.69) is 0 Å². The molecule has 1 aromatic heterocycles. The molecule has 0 amide bonds. The molecule has 0 saturated heterocycles. The van der Waals surface area contributed by atoms with Crippen LogP contribution in [-0.4, -0.2) is 33.2 Å². The first kappa shape index (κ1) is 17.2. The summed E-state index contributed by atoms with van der Waals surface area (Å²) in [5, 5.41) is 0. The molecule has 2 rings (SSSR count). The second-order valence-corrected chi connectivity index (χ2v) is 6.17. The highest BCUT2D eigenvalue weighted by Gasteiger charge is 2.09. The molecule has 0 spiro atoms. The van der Waals surface area contributed by atoms with Crippen LogP contribution in [0.1, 0.15) is 20.1 Å². The zero-order valence-electron chi connectivity index (χ0n) is 13.5. The normalized spacial score (nSPS) is 10.9.